The molecule has 0 heterocycles. The quantitative estimate of drug-likeness (QED) is 0.892. The number of amides is 2. The molecule has 0 unspecified atom stereocenters. The summed E-state index contributed by atoms with van der Waals surface area (Å²) in [6, 6.07) is 15.0. The van der Waals surface area contributed by atoms with Gasteiger partial charge in [-0.2, -0.15) is 0 Å². The van der Waals surface area contributed by atoms with Crippen molar-refractivity contribution in [3.63, 3.8) is 0 Å². The number of nitrogens with one attached hydrogen (secondary N) is 2. The summed E-state index contributed by atoms with van der Waals surface area (Å²) in [5.41, 5.74) is 2.86. The highest BCUT2D eigenvalue weighted by Crippen LogP contribution is 2.15. The summed E-state index contributed by atoms with van der Waals surface area (Å²) in [5.74, 6) is 0.800. The van der Waals surface area contributed by atoms with Gasteiger partial charge in [-0.1, -0.05) is 12.1 Å². The van der Waals surface area contributed by atoms with E-state index >= 15 is 0 Å². The lowest BCUT2D eigenvalue weighted by atomic mass is 10.2. The van der Waals surface area contributed by atoms with E-state index in [1.165, 1.54) is 0 Å². The van der Waals surface area contributed by atoms with Gasteiger partial charge in [-0.3, -0.25) is 0 Å². The summed E-state index contributed by atoms with van der Waals surface area (Å²) in [5, 5.41) is 5.63. The molecule has 0 aliphatic rings. The molecule has 5 nitrogen and oxygen atoms in total. The first kappa shape index (κ1) is 15.7. The maximum Gasteiger partial charge on any atom is 0.319 e. The lowest BCUT2D eigenvalue weighted by molar-refractivity contribution is 0.251. The molecule has 0 spiro atoms. The second-order valence-corrected chi connectivity index (χ2v) is 5.10. The number of rotatable bonds is 5. The van der Waals surface area contributed by atoms with Crippen LogP contribution in [-0.2, 0) is 6.54 Å². The zero-order valence-corrected chi connectivity index (χ0v) is 13.1. The highest BCUT2D eigenvalue weighted by atomic mass is 16.5. The molecule has 0 aromatic heterocycles. The van der Waals surface area contributed by atoms with Gasteiger partial charge in [0.05, 0.1) is 7.11 Å². The Morgan fingerprint density at radius 3 is 2.23 bits per heavy atom. The normalized spacial score (nSPS) is 9.95. The zero-order valence-electron chi connectivity index (χ0n) is 13.1. The topological polar surface area (TPSA) is 53.6 Å². The maximum atomic E-state index is 11.9. The Bertz CT molecular complexity index is 607. The third-order valence-electron chi connectivity index (χ3n) is 3.25. The molecule has 2 aromatic carbocycles. The number of carbonyl (C=O) groups is 1. The average molecular weight is 299 g/mol. The SMILES string of the molecule is COc1ccc(CNC(=O)Nc2ccc(N(C)C)cc2)cc1. The van der Waals surface area contributed by atoms with Crippen LogP contribution >= 0.6 is 0 Å². The molecular weight excluding hydrogens is 278 g/mol. The van der Waals surface area contributed by atoms with Crippen LogP contribution in [0.4, 0.5) is 16.2 Å². The number of urea groups is 1. The van der Waals surface area contributed by atoms with E-state index in [1.54, 1.807) is 7.11 Å². The van der Waals surface area contributed by atoms with Gasteiger partial charge < -0.3 is 20.3 Å². The van der Waals surface area contributed by atoms with Crippen LogP contribution < -0.4 is 20.3 Å². The lowest BCUT2D eigenvalue weighted by Crippen LogP contribution is -2.28. The summed E-state index contributed by atoms with van der Waals surface area (Å²) in [4.78, 5) is 13.9. The molecule has 2 aromatic rings. The minimum absolute atomic E-state index is 0.228. The summed E-state index contributed by atoms with van der Waals surface area (Å²) in [6.07, 6.45) is 0. The van der Waals surface area contributed by atoms with Gasteiger partial charge in [-0.25, -0.2) is 4.79 Å². The molecular formula is C17H21N3O2. The highest BCUT2D eigenvalue weighted by molar-refractivity contribution is 5.89. The average Bonchev–Trinajstić information content (AvgIpc) is 2.54. The van der Waals surface area contributed by atoms with Crippen LogP contribution in [0.5, 0.6) is 5.75 Å². The number of ether oxygens (including phenoxy) is 1. The molecule has 2 N–H and O–H groups in total. The summed E-state index contributed by atoms with van der Waals surface area (Å²) in [6.45, 7) is 0.464. The molecule has 0 saturated heterocycles. The fourth-order valence-electron chi connectivity index (χ4n) is 1.94. The fourth-order valence-corrected chi connectivity index (χ4v) is 1.94. The van der Waals surface area contributed by atoms with E-state index < -0.39 is 0 Å². The van der Waals surface area contributed by atoms with Gasteiger partial charge in [0.2, 0.25) is 0 Å². The molecule has 2 amide bonds. The number of hydrogen-bond donors (Lipinski definition) is 2. The number of carbonyl (C=O) groups excluding carboxylic acids is 1. The van der Waals surface area contributed by atoms with Gasteiger partial charge in [0.25, 0.3) is 0 Å². The van der Waals surface area contributed by atoms with E-state index in [-0.39, 0.29) is 6.03 Å². The summed E-state index contributed by atoms with van der Waals surface area (Å²) < 4.78 is 5.10. The van der Waals surface area contributed by atoms with Crippen LogP contribution in [-0.4, -0.2) is 27.2 Å². The number of methoxy groups -OCH3 is 1. The first-order valence-electron chi connectivity index (χ1n) is 7.03. The molecule has 0 saturated carbocycles. The third kappa shape index (κ3) is 4.41. The van der Waals surface area contributed by atoms with Gasteiger partial charge in [0.1, 0.15) is 5.75 Å². The van der Waals surface area contributed by atoms with Crippen LogP contribution in [0.3, 0.4) is 0 Å². The minimum atomic E-state index is -0.228. The molecule has 22 heavy (non-hydrogen) atoms. The second kappa shape index (κ2) is 7.36. The van der Waals surface area contributed by atoms with Crippen LogP contribution in [0.15, 0.2) is 48.5 Å². The molecule has 0 aliphatic heterocycles. The molecule has 5 heteroatoms. The van der Waals surface area contributed by atoms with Crippen molar-refractivity contribution in [2.75, 3.05) is 31.4 Å². The first-order chi connectivity index (χ1) is 10.6. The Morgan fingerprint density at radius 2 is 1.68 bits per heavy atom. The smallest absolute Gasteiger partial charge is 0.319 e. The standard InChI is InChI=1S/C17H21N3O2/c1-20(2)15-8-6-14(7-9-15)19-17(21)18-12-13-4-10-16(22-3)11-5-13/h4-11H,12H2,1-3H3,(H2,18,19,21). The van der Waals surface area contributed by atoms with E-state index in [0.717, 1.165) is 22.7 Å². The third-order valence-corrected chi connectivity index (χ3v) is 3.25. The van der Waals surface area contributed by atoms with Crippen LogP contribution in [0, 0.1) is 0 Å². The Balaban J connectivity index is 1.84. The van der Waals surface area contributed by atoms with Crippen LogP contribution in [0.1, 0.15) is 5.56 Å². The Kier molecular flexibility index (Phi) is 5.25. The van der Waals surface area contributed by atoms with Gasteiger partial charge >= 0.3 is 6.03 Å². The Hall–Kier alpha value is -2.69. The highest BCUT2D eigenvalue weighted by Gasteiger charge is 2.02. The number of benzene rings is 2. The van der Waals surface area contributed by atoms with Crippen molar-refractivity contribution in [3.05, 3.63) is 54.1 Å². The van der Waals surface area contributed by atoms with Crippen LogP contribution in [0.2, 0.25) is 0 Å². The van der Waals surface area contributed by atoms with E-state index in [9.17, 15) is 4.79 Å². The molecule has 116 valence electrons. The Morgan fingerprint density at radius 1 is 1.05 bits per heavy atom. The van der Waals surface area contributed by atoms with Gasteiger partial charge in [-0.05, 0) is 42.0 Å². The predicted molar refractivity (Wildman–Crippen MR) is 89.6 cm³/mol. The lowest BCUT2D eigenvalue weighted by Gasteiger charge is -2.13. The largest absolute Gasteiger partial charge is 0.497 e. The molecule has 0 aliphatic carbocycles. The van der Waals surface area contributed by atoms with Crippen molar-refractivity contribution < 1.29 is 9.53 Å². The van der Waals surface area contributed by atoms with Crippen molar-refractivity contribution in [3.8, 4) is 5.75 Å². The van der Waals surface area contributed by atoms with Gasteiger partial charge in [-0.15, -0.1) is 0 Å². The molecule has 2 rings (SSSR count). The minimum Gasteiger partial charge on any atom is -0.497 e. The summed E-state index contributed by atoms with van der Waals surface area (Å²) in [7, 11) is 5.58. The van der Waals surface area contributed by atoms with Crippen molar-refractivity contribution in [2.24, 2.45) is 0 Å². The number of nitrogens with zero attached hydrogens (tertiary/aromatic N) is 1. The van der Waals surface area contributed by atoms with Crippen LogP contribution in [0.25, 0.3) is 0 Å². The van der Waals surface area contributed by atoms with E-state index in [0.29, 0.717) is 6.54 Å². The summed E-state index contributed by atoms with van der Waals surface area (Å²) >= 11 is 0. The predicted octanol–water partition coefficient (Wildman–Crippen LogP) is 3.08. The number of anilines is 2. The fraction of sp³-hybridized carbons (Fsp3) is 0.235. The van der Waals surface area contributed by atoms with Gasteiger partial charge in [0.15, 0.2) is 0 Å². The van der Waals surface area contributed by atoms with Crippen molar-refractivity contribution in [1.29, 1.82) is 0 Å². The molecule has 0 fully saturated rings. The molecule has 0 bridgehead atoms. The van der Waals surface area contributed by atoms with Gasteiger partial charge in [0, 0.05) is 32.0 Å². The van der Waals surface area contributed by atoms with E-state index in [4.69, 9.17) is 4.74 Å². The second-order valence-electron chi connectivity index (χ2n) is 5.10. The Labute approximate surface area is 130 Å². The van der Waals surface area contributed by atoms with Crippen molar-refractivity contribution >= 4 is 17.4 Å². The zero-order chi connectivity index (χ0) is 15.9. The van der Waals surface area contributed by atoms with Crippen molar-refractivity contribution in [1.82, 2.24) is 5.32 Å². The maximum absolute atomic E-state index is 11.9. The van der Waals surface area contributed by atoms with Crippen molar-refractivity contribution in [2.45, 2.75) is 6.54 Å². The number of hydrogen-bond acceptors (Lipinski definition) is 3. The molecule has 0 atom stereocenters. The molecule has 0 radical (unpaired) electrons. The van der Waals surface area contributed by atoms with E-state index in [1.807, 2.05) is 67.5 Å². The first-order valence-corrected chi connectivity index (χ1v) is 7.03. The monoisotopic (exact) mass is 299 g/mol. The van der Waals surface area contributed by atoms with E-state index in [2.05, 4.69) is 10.6 Å².